The molecule has 0 spiro atoms. The molecule has 154 valence electrons. The first-order valence-electron chi connectivity index (χ1n) is 9.16. The van der Waals surface area contributed by atoms with E-state index in [1.807, 2.05) is 24.3 Å². The van der Waals surface area contributed by atoms with E-state index in [-0.39, 0.29) is 24.8 Å². The molecule has 0 saturated heterocycles. The van der Waals surface area contributed by atoms with Crippen molar-refractivity contribution >= 4 is 23.7 Å². The Morgan fingerprint density at radius 3 is 2.60 bits per heavy atom. The lowest BCUT2D eigenvalue weighted by atomic mass is 10.1. The van der Waals surface area contributed by atoms with E-state index in [4.69, 9.17) is 21.1 Å². The fourth-order valence-electron chi connectivity index (χ4n) is 2.71. The van der Waals surface area contributed by atoms with Crippen molar-refractivity contribution in [1.82, 2.24) is 5.43 Å². The van der Waals surface area contributed by atoms with Gasteiger partial charge in [-0.3, -0.25) is 4.79 Å². The zero-order valence-corrected chi connectivity index (χ0v) is 17.0. The van der Waals surface area contributed by atoms with E-state index in [0.29, 0.717) is 22.1 Å². The standard InChI is InChI=1S/C23H20ClFN2O3/c1-29-21-11-8-17(12-18(21)15-30-22-5-3-2-4-20(22)24)14-26-27-23(28)13-16-6-9-19(25)10-7-16/h2-12,14H,13,15H2,1H3,(H,27,28)/b26-14-. The molecule has 0 atom stereocenters. The number of nitrogens with one attached hydrogen (secondary N) is 1. The number of methoxy groups -OCH3 is 1. The van der Waals surface area contributed by atoms with Crippen LogP contribution in [0.3, 0.4) is 0 Å². The summed E-state index contributed by atoms with van der Waals surface area (Å²) in [6.45, 7) is 0.255. The highest BCUT2D eigenvalue weighted by atomic mass is 35.5. The highest BCUT2D eigenvalue weighted by molar-refractivity contribution is 6.32. The largest absolute Gasteiger partial charge is 0.496 e. The van der Waals surface area contributed by atoms with Gasteiger partial charge >= 0.3 is 0 Å². The van der Waals surface area contributed by atoms with Crippen molar-refractivity contribution in [3.05, 3.63) is 94.3 Å². The van der Waals surface area contributed by atoms with Crippen molar-refractivity contribution in [3.63, 3.8) is 0 Å². The summed E-state index contributed by atoms with van der Waals surface area (Å²) in [5.41, 5.74) is 4.73. The average Bonchev–Trinajstić information content (AvgIpc) is 2.75. The molecule has 3 rings (SSSR count). The third-order valence-corrected chi connectivity index (χ3v) is 4.52. The first kappa shape index (κ1) is 21.3. The van der Waals surface area contributed by atoms with Crippen molar-refractivity contribution in [2.45, 2.75) is 13.0 Å². The van der Waals surface area contributed by atoms with Crippen LogP contribution in [-0.2, 0) is 17.8 Å². The molecule has 0 saturated carbocycles. The van der Waals surface area contributed by atoms with Crippen LogP contribution in [0.1, 0.15) is 16.7 Å². The van der Waals surface area contributed by atoms with Gasteiger partial charge in [-0.15, -0.1) is 0 Å². The molecule has 1 amide bonds. The minimum atomic E-state index is -0.342. The number of para-hydroxylation sites is 1. The van der Waals surface area contributed by atoms with Gasteiger partial charge in [0, 0.05) is 5.56 Å². The number of carbonyl (C=O) groups is 1. The molecular weight excluding hydrogens is 407 g/mol. The maximum absolute atomic E-state index is 12.9. The fraction of sp³-hybridized carbons (Fsp3) is 0.130. The highest BCUT2D eigenvalue weighted by Gasteiger charge is 2.07. The molecule has 7 heteroatoms. The van der Waals surface area contributed by atoms with Crippen LogP contribution in [0.5, 0.6) is 11.5 Å². The smallest absolute Gasteiger partial charge is 0.244 e. The number of nitrogens with zero attached hydrogens (tertiary/aromatic N) is 1. The van der Waals surface area contributed by atoms with Gasteiger partial charge < -0.3 is 9.47 Å². The Morgan fingerprint density at radius 1 is 1.10 bits per heavy atom. The molecule has 0 aliphatic rings. The Labute approximate surface area is 179 Å². The molecule has 0 unspecified atom stereocenters. The van der Waals surface area contributed by atoms with Crippen molar-refractivity contribution in [3.8, 4) is 11.5 Å². The Balaban J connectivity index is 1.61. The van der Waals surface area contributed by atoms with Crippen LogP contribution >= 0.6 is 11.6 Å². The molecule has 0 aromatic heterocycles. The lowest BCUT2D eigenvalue weighted by molar-refractivity contribution is -0.120. The highest BCUT2D eigenvalue weighted by Crippen LogP contribution is 2.26. The molecule has 5 nitrogen and oxygen atoms in total. The summed E-state index contributed by atoms with van der Waals surface area (Å²) in [5, 5.41) is 4.51. The molecule has 30 heavy (non-hydrogen) atoms. The number of amides is 1. The monoisotopic (exact) mass is 426 g/mol. The number of halogens is 2. The van der Waals surface area contributed by atoms with Crippen LogP contribution in [-0.4, -0.2) is 19.2 Å². The normalized spacial score (nSPS) is 10.8. The molecule has 0 bridgehead atoms. The van der Waals surface area contributed by atoms with Crippen LogP contribution in [0.15, 0.2) is 71.8 Å². The van der Waals surface area contributed by atoms with E-state index in [1.54, 1.807) is 37.4 Å². The predicted molar refractivity (Wildman–Crippen MR) is 115 cm³/mol. The molecule has 0 radical (unpaired) electrons. The summed E-state index contributed by atoms with van der Waals surface area (Å²) in [5.74, 6) is 0.604. The number of benzene rings is 3. The summed E-state index contributed by atoms with van der Waals surface area (Å²) in [6.07, 6.45) is 1.64. The SMILES string of the molecule is COc1ccc(/C=N\NC(=O)Cc2ccc(F)cc2)cc1COc1ccccc1Cl. The topological polar surface area (TPSA) is 59.9 Å². The first-order chi connectivity index (χ1) is 14.5. The van der Waals surface area contributed by atoms with Gasteiger partial charge in [-0.1, -0.05) is 35.9 Å². The molecule has 3 aromatic rings. The summed E-state index contributed by atoms with van der Waals surface area (Å²) < 4.78 is 24.1. The van der Waals surface area contributed by atoms with Gasteiger partial charge in [0.15, 0.2) is 0 Å². The summed E-state index contributed by atoms with van der Waals surface area (Å²) in [6, 6.07) is 18.4. The second kappa shape index (κ2) is 10.4. The lowest BCUT2D eigenvalue weighted by Gasteiger charge is -2.12. The van der Waals surface area contributed by atoms with Crippen LogP contribution in [0.25, 0.3) is 0 Å². The van der Waals surface area contributed by atoms with Crippen molar-refractivity contribution in [1.29, 1.82) is 0 Å². The predicted octanol–water partition coefficient (Wildman–Crippen LogP) is 4.76. The average molecular weight is 427 g/mol. The van der Waals surface area contributed by atoms with Gasteiger partial charge in [-0.25, -0.2) is 9.82 Å². The number of ether oxygens (including phenoxy) is 2. The zero-order chi connectivity index (χ0) is 21.3. The maximum Gasteiger partial charge on any atom is 0.244 e. The van der Waals surface area contributed by atoms with Crippen LogP contribution < -0.4 is 14.9 Å². The molecule has 3 aromatic carbocycles. The van der Waals surface area contributed by atoms with E-state index < -0.39 is 0 Å². The summed E-state index contributed by atoms with van der Waals surface area (Å²) in [4.78, 5) is 12.0. The number of rotatable bonds is 8. The van der Waals surface area contributed by atoms with E-state index in [9.17, 15) is 9.18 Å². The van der Waals surface area contributed by atoms with Gasteiger partial charge in [-0.05, 0) is 53.6 Å². The van der Waals surface area contributed by atoms with Crippen LogP contribution in [0, 0.1) is 5.82 Å². The lowest BCUT2D eigenvalue weighted by Crippen LogP contribution is -2.19. The summed E-state index contributed by atoms with van der Waals surface area (Å²) in [7, 11) is 1.58. The first-order valence-corrected chi connectivity index (χ1v) is 9.53. The van der Waals surface area contributed by atoms with Gasteiger partial charge in [0.05, 0.1) is 24.8 Å². The van der Waals surface area contributed by atoms with Gasteiger partial charge in [0.25, 0.3) is 0 Å². The van der Waals surface area contributed by atoms with Gasteiger partial charge in [0.2, 0.25) is 5.91 Å². The second-order valence-electron chi connectivity index (χ2n) is 6.39. The zero-order valence-electron chi connectivity index (χ0n) is 16.3. The quantitative estimate of drug-likeness (QED) is 0.417. The van der Waals surface area contributed by atoms with Crippen molar-refractivity contribution in [2.24, 2.45) is 5.10 Å². The Kier molecular flexibility index (Phi) is 7.40. The fourth-order valence-corrected chi connectivity index (χ4v) is 2.91. The molecular formula is C23H20ClFN2O3. The molecule has 0 aliphatic carbocycles. The Bertz CT molecular complexity index is 1040. The number of hydrogen-bond donors (Lipinski definition) is 1. The maximum atomic E-state index is 12.9. The minimum absolute atomic E-state index is 0.108. The van der Waals surface area contributed by atoms with Crippen LogP contribution in [0.2, 0.25) is 5.02 Å². The molecule has 0 aliphatic heterocycles. The van der Waals surface area contributed by atoms with Gasteiger partial charge in [-0.2, -0.15) is 5.10 Å². The Morgan fingerprint density at radius 2 is 1.87 bits per heavy atom. The van der Waals surface area contributed by atoms with E-state index >= 15 is 0 Å². The molecule has 0 fully saturated rings. The summed E-state index contributed by atoms with van der Waals surface area (Å²) >= 11 is 6.12. The van der Waals surface area contributed by atoms with E-state index in [1.165, 1.54) is 18.3 Å². The van der Waals surface area contributed by atoms with E-state index in [2.05, 4.69) is 10.5 Å². The van der Waals surface area contributed by atoms with Crippen molar-refractivity contribution < 1.29 is 18.7 Å². The third-order valence-electron chi connectivity index (χ3n) is 4.21. The van der Waals surface area contributed by atoms with Crippen molar-refractivity contribution in [2.75, 3.05) is 7.11 Å². The number of hydrogen-bond acceptors (Lipinski definition) is 4. The van der Waals surface area contributed by atoms with Gasteiger partial charge in [0.1, 0.15) is 23.9 Å². The van der Waals surface area contributed by atoms with Crippen LogP contribution in [0.4, 0.5) is 4.39 Å². The second-order valence-corrected chi connectivity index (χ2v) is 6.79. The molecule has 0 heterocycles. The number of carbonyl (C=O) groups excluding carboxylic acids is 1. The Hall–Kier alpha value is -3.38. The van der Waals surface area contributed by atoms with E-state index in [0.717, 1.165) is 11.1 Å². The number of hydrazone groups is 1. The molecule has 1 N–H and O–H groups in total. The minimum Gasteiger partial charge on any atom is -0.496 e. The third kappa shape index (κ3) is 6.06.